The number of halogens is 1. The fourth-order valence-electron chi connectivity index (χ4n) is 2.32. The molecule has 5 heteroatoms. The van der Waals surface area contributed by atoms with Crippen molar-refractivity contribution < 1.29 is 9.59 Å². The van der Waals surface area contributed by atoms with Crippen LogP contribution in [-0.4, -0.2) is 29.3 Å². The molecule has 1 aromatic carbocycles. The van der Waals surface area contributed by atoms with Crippen LogP contribution in [0.15, 0.2) is 24.3 Å². The maximum atomic E-state index is 12.3. The molecule has 102 valence electrons. The van der Waals surface area contributed by atoms with Gasteiger partial charge in [0.2, 0.25) is 11.8 Å². The molecule has 4 nitrogen and oxygen atoms in total. The Kier molecular flexibility index (Phi) is 4.10. The lowest BCUT2D eigenvalue weighted by molar-refractivity contribution is -0.146. The Hall–Kier alpha value is -1.55. The van der Waals surface area contributed by atoms with Crippen LogP contribution in [0.5, 0.6) is 0 Å². The van der Waals surface area contributed by atoms with Gasteiger partial charge in [0.15, 0.2) is 0 Å². The van der Waals surface area contributed by atoms with Gasteiger partial charge in [-0.3, -0.25) is 9.59 Å². The lowest BCUT2D eigenvalue weighted by Crippen LogP contribution is -2.58. The SMILES string of the molecule is CCC1NC(=O)CN(C(C)c2ccccc2Cl)C1=O. The van der Waals surface area contributed by atoms with E-state index in [4.69, 9.17) is 11.6 Å². The van der Waals surface area contributed by atoms with Crippen molar-refractivity contribution in [2.45, 2.75) is 32.4 Å². The molecule has 1 fully saturated rings. The van der Waals surface area contributed by atoms with Crippen molar-refractivity contribution in [1.29, 1.82) is 0 Å². The number of hydrogen-bond acceptors (Lipinski definition) is 2. The van der Waals surface area contributed by atoms with E-state index < -0.39 is 6.04 Å². The predicted octanol–water partition coefficient (Wildman–Crippen LogP) is 2.14. The molecule has 0 aliphatic carbocycles. The summed E-state index contributed by atoms with van der Waals surface area (Å²) in [5.41, 5.74) is 0.863. The van der Waals surface area contributed by atoms with Gasteiger partial charge in [0, 0.05) is 5.02 Å². The average Bonchev–Trinajstić information content (AvgIpc) is 2.40. The largest absolute Gasteiger partial charge is 0.343 e. The Morgan fingerprint density at radius 3 is 2.74 bits per heavy atom. The number of nitrogens with one attached hydrogen (secondary N) is 1. The maximum absolute atomic E-state index is 12.3. The molecule has 0 spiro atoms. The first-order chi connectivity index (χ1) is 9.04. The maximum Gasteiger partial charge on any atom is 0.246 e. The number of amides is 2. The lowest BCUT2D eigenvalue weighted by atomic mass is 10.0. The van der Waals surface area contributed by atoms with E-state index >= 15 is 0 Å². The number of hydrogen-bond donors (Lipinski definition) is 1. The first-order valence-electron chi connectivity index (χ1n) is 6.38. The molecule has 1 aliphatic rings. The molecule has 2 atom stereocenters. The number of benzene rings is 1. The van der Waals surface area contributed by atoms with Crippen molar-refractivity contribution in [3.8, 4) is 0 Å². The molecule has 2 unspecified atom stereocenters. The molecule has 1 N–H and O–H groups in total. The molecule has 0 aromatic heterocycles. The monoisotopic (exact) mass is 280 g/mol. The van der Waals surface area contributed by atoms with Gasteiger partial charge in [-0.1, -0.05) is 36.7 Å². The van der Waals surface area contributed by atoms with Crippen molar-refractivity contribution >= 4 is 23.4 Å². The third-order valence-corrected chi connectivity index (χ3v) is 3.81. The van der Waals surface area contributed by atoms with Gasteiger partial charge in [0.1, 0.15) is 12.6 Å². The summed E-state index contributed by atoms with van der Waals surface area (Å²) in [5, 5.41) is 3.32. The van der Waals surface area contributed by atoms with Gasteiger partial charge in [0.25, 0.3) is 0 Å². The quantitative estimate of drug-likeness (QED) is 0.922. The summed E-state index contributed by atoms with van der Waals surface area (Å²) in [4.78, 5) is 25.6. The van der Waals surface area contributed by atoms with Gasteiger partial charge < -0.3 is 10.2 Å². The van der Waals surface area contributed by atoms with Gasteiger partial charge in [-0.05, 0) is 25.0 Å². The minimum absolute atomic E-state index is 0.0467. The van der Waals surface area contributed by atoms with E-state index in [2.05, 4.69) is 5.32 Å². The van der Waals surface area contributed by atoms with Crippen LogP contribution in [0.4, 0.5) is 0 Å². The fraction of sp³-hybridized carbons (Fsp3) is 0.429. The first-order valence-corrected chi connectivity index (χ1v) is 6.76. The summed E-state index contributed by atoms with van der Waals surface area (Å²) < 4.78 is 0. The molecule has 1 aliphatic heterocycles. The Labute approximate surface area is 117 Å². The molecular formula is C14H17ClN2O2. The minimum Gasteiger partial charge on any atom is -0.343 e. The van der Waals surface area contributed by atoms with E-state index in [0.29, 0.717) is 11.4 Å². The molecule has 2 rings (SSSR count). The molecule has 1 aromatic rings. The smallest absolute Gasteiger partial charge is 0.246 e. The number of nitrogens with zero attached hydrogens (tertiary/aromatic N) is 1. The van der Waals surface area contributed by atoms with E-state index in [1.807, 2.05) is 32.0 Å². The summed E-state index contributed by atoms with van der Waals surface area (Å²) >= 11 is 6.15. The van der Waals surface area contributed by atoms with Crippen LogP contribution in [-0.2, 0) is 9.59 Å². The third kappa shape index (κ3) is 2.73. The fourth-order valence-corrected chi connectivity index (χ4v) is 2.61. The van der Waals surface area contributed by atoms with Gasteiger partial charge in [-0.25, -0.2) is 0 Å². The zero-order valence-corrected chi connectivity index (χ0v) is 11.8. The van der Waals surface area contributed by atoms with E-state index in [1.54, 1.807) is 11.0 Å². The van der Waals surface area contributed by atoms with E-state index in [-0.39, 0.29) is 24.4 Å². The van der Waals surface area contributed by atoms with E-state index in [0.717, 1.165) is 5.56 Å². The van der Waals surface area contributed by atoms with Gasteiger partial charge >= 0.3 is 0 Å². The molecular weight excluding hydrogens is 264 g/mol. The topological polar surface area (TPSA) is 49.4 Å². The summed E-state index contributed by atoms with van der Waals surface area (Å²) in [6, 6.07) is 6.77. The van der Waals surface area contributed by atoms with Crippen molar-refractivity contribution in [3.05, 3.63) is 34.9 Å². The first kappa shape index (κ1) is 13.9. The zero-order valence-electron chi connectivity index (χ0n) is 11.0. The van der Waals surface area contributed by atoms with Crippen molar-refractivity contribution in [1.82, 2.24) is 10.2 Å². The molecule has 1 saturated heterocycles. The van der Waals surface area contributed by atoms with E-state index in [9.17, 15) is 9.59 Å². The van der Waals surface area contributed by atoms with E-state index in [1.165, 1.54) is 0 Å². The van der Waals surface area contributed by atoms with Crippen LogP contribution >= 0.6 is 11.6 Å². The predicted molar refractivity (Wildman–Crippen MR) is 73.8 cm³/mol. The highest BCUT2D eigenvalue weighted by Gasteiger charge is 2.34. The second-order valence-electron chi connectivity index (χ2n) is 4.69. The normalized spacial score (nSPS) is 21.2. The van der Waals surface area contributed by atoms with Gasteiger partial charge in [-0.2, -0.15) is 0 Å². The Bertz CT molecular complexity index is 504. The minimum atomic E-state index is -0.425. The summed E-state index contributed by atoms with van der Waals surface area (Å²) in [5.74, 6) is -0.167. The van der Waals surface area contributed by atoms with Gasteiger partial charge in [0.05, 0.1) is 6.04 Å². The number of carbonyl (C=O) groups excluding carboxylic acids is 2. The Balaban J connectivity index is 2.27. The number of piperazine rings is 1. The Morgan fingerprint density at radius 1 is 1.42 bits per heavy atom. The van der Waals surface area contributed by atoms with Crippen LogP contribution in [0.3, 0.4) is 0 Å². The third-order valence-electron chi connectivity index (χ3n) is 3.46. The van der Waals surface area contributed by atoms with Crippen LogP contribution in [0.2, 0.25) is 5.02 Å². The second-order valence-corrected chi connectivity index (χ2v) is 5.10. The molecule has 19 heavy (non-hydrogen) atoms. The summed E-state index contributed by atoms with van der Waals surface area (Å²) in [6.45, 7) is 3.86. The lowest BCUT2D eigenvalue weighted by Gasteiger charge is -2.36. The highest BCUT2D eigenvalue weighted by atomic mass is 35.5. The van der Waals surface area contributed by atoms with Crippen LogP contribution in [0.25, 0.3) is 0 Å². The molecule has 0 saturated carbocycles. The standard InChI is InChI=1S/C14H17ClN2O2/c1-3-12-14(19)17(8-13(18)16-12)9(2)10-6-4-5-7-11(10)15/h4-7,9,12H,3,8H2,1-2H3,(H,16,18). The summed E-state index contributed by atoms with van der Waals surface area (Å²) in [6.07, 6.45) is 0.594. The van der Waals surface area contributed by atoms with Crippen LogP contribution in [0, 0.1) is 0 Å². The second kappa shape index (κ2) is 5.61. The summed E-state index contributed by atoms with van der Waals surface area (Å²) in [7, 11) is 0. The molecule has 2 amide bonds. The molecule has 0 bridgehead atoms. The molecule has 0 radical (unpaired) electrons. The van der Waals surface area contributed by atoms with Crippen LogP contribution < -0.4 is 5.32 Å². The Morgan fingerprint density at radius 2 is 2.11 bits per heavy atom. The van der Waals surface area contributed by atoms with Crippen LogP contribution in [0.1, 0.15) is 31.9 Å². The average molecular weight is 281 g/mol. The number of carbonyl (C=O) groups is 2. The molecule has 1 heterocycles. The van der Waals surface area contributed by atoms with Crippen molar-refractivity contribution in [3.63, 3.8) is 0 Å². The highest BCUT2D eigenvalue weighted by molar-refractivity contribution is 6.31. The number of rotatable bonds is 3. The van der Waals surface area contributed by atoms with Crippen molar-refractivity contribution in [2.75, 3.05) is 6.54 Å². The highest BCUT2D eigenvalue weighted by Crippen LogP contribution is 2.28. The van der Waals surface area contributed by atoms with Crippen molar-refractivity contribution in [2.24, 2.45) is 0 Å². The van der Waals surface area contributed by atoms with Gasteiger partial charge in [-0.15, -0.1) is 0 Å². The zero-order chi connectivity index (χ0) is 14.0.